The third-order valence-electron chi connectivity index (χ3n) is 2.46. The quantitative estimate of drug-likeness (QED) is 0.825. The van der Waals surface area contributed by atoms with Crippen molar-refractivity contribution in [3.63, 3.8) is 0 Å². The van der Waals surface area contributed by atoms with E-state index in [0.29, 0.717) is 0 Å². The third-order valence-corrected chi connectivity index (χ3v) is 3.07. The Morgan fingerprint density at radius 1 is 1.36 bits per heavy atom. The molecule has 2 atom stereocenters. The summed E-state index contributed by atoms with van der Waals surface area (Å²) in [5.74, 6) is 0. The van der Waals surface area contributed by atoms with E-state index in [4.69, 9.17) is 0 Å². The van der Waals surface area contributed by atoms with Crippen molar-refractivity contribution in [1.29, 1.82) is 0 Å². The van der Waals surface area contributed by atoms with Gasteiger partial charge in [0.05, 0.1) is 6.10 Å². The Morgan fingerprint density at radius 3 is 2.50 bits per heavy atom. The average Bonchev–Trinajstić information content (AvgIpc) is 2.09. The van der Waals surface area contributed by atoms with Gasteiger partial charge in [-0.05, 0) is 31.4 Å². The molecule has 0 saturated heterocycles. The van der Waals surface area contributed by atoms with Crippen LogP contribution in [-0.4, -0.2) is 16.0 Å². The van der Waals surface area contributed by atoms with Gasteiger partial charge in [0.25, 0.3) is 0 Å². The summed E-state index contributed by atoms with van der Waals surface area (Å²) in [7, 11) is 0. The van der Waals surface area contributed by atoms with Gasteiger partial charge in [-0.25, -0.2) is 0 Å². The first kappa shape index (κ1) is 11.7. The van der Waals surface area contributed by atoms with E-state index in [1.54, 1.807) is 0 Å². The number of hydrogen-bond acceptors (Lipinski definition) is 1. The minimum absolute atomic E-state index is 0.142. The van der Waals surface area contributed by atoms with Gasteiger partial charge in [0.2, 0.25) is 0 Å². The zero-order chi connectivity index (χ0) is 10.7. The van der Waals surface area contributed by atoms with Crippen LogP contribution in [0.25, 0.3) is 0 Å². The number of halogens is 1. The van der Waals surface area contributed by atoms with Crippen LogP contribution < -0.4 is 0 Å². The molecule has 0 bridgehead atoms. The first-order valence-corrected chi connectivity index (χ1v) is 5.80. The van der Waals surface area contributed by atoms with Gasteiger partial charge in [-0.15, -0.1) is 0 Å². The Kier molecular flexibility index (Phi) is 4.14. The van der Waals surface area contributed by atoms with E-state index < -0.39 is 0 Å². The molecular formula is C12H17BrO. The van der Waals surface area contributed by atoms with E-state index in [-0.39, 0.29) is 10.9 Å². The molecule has 0 saturated carbocycles. The average molecular weight is 257 g/mol. The smallest absolute Gasteiger partial charge is 0.0702 e. The van der Waals surface area contributed by atoms with Gasteiger partial charge in [-0.1, -0.05) is 46.6 Å². The summed E-state index contributed by atoms with van der Waals surface area (Å²) >= 11 is 3.39. The lowest BCUT2D eigenvalue weighted by Gasteiger charge is -2.14. The van der Waals surface area contributed by atoms with Crippen molar-refractivity contribution >= 4 is 15.9 Å². The second-order valence-corrected chi connectivity index (χ2v) is 5.32. The molecular weight excluding hydrogens is 240 g/mol. The van der Waals surface area contributed by atoms with Crippen LogP contribution in [-0.2, 0) is 6.42 Å². The maximum Gasteiger partial charge on any atom is 0.0702 e. The number of rotatable bonds is 3. The molecule has 0 fully saturated rings. The van der Waals surface area contributed by atoms with Crippen LogP contribution in [0.2, 0.25) is 0 Å². The lowest BCUT2D eigenvalue weighted by Crippen LogP contribution is -2.20. The Labute approximate surface area is 94.3 Å². The number of aliphatic hydroxyl groups is 1. The second kappa shape index (κ2) is 4.94. The van der Waals surface area contributed by atoms with E-state index in [9.17, 15) is 5.11 Å². The fourth-order valence-electron chi connectivity index (χ4n) is 1.46. The summed E-state index contributed by atoms with van der Waals surface area (Å²) in [6.07, 6.45) is 0.412. The number of hydrogen-bond donors (Lipinski definition) is 1. The van der Waals surface area contributed by atoms with E-state index in [0.717, 1.165) is 6.42 Å². The van der Waals surface area contributed by atoms with E-state index in [2.05, 4.69) is 48.0 Å². The minimum Gasteiger partial charge on any atom is -0.392 e. The summed E-state index contributed by atoms with van der Waals surface area (Å²) in [5, 5.41) is 9.73. The normalized spacial score (nSPS) is 15.2. The van der Waals surface area contributed by atoms with E-state index >= 15 is 0 Å². The molecule has 1 aromatic carbocycles. The van der Waals surface area contributed by atoms with Crippen molar-refractivity contribution < 1.29 is 5.11 Å². The Balaban J connectivity index is 2.77. The van der Waals surface area contributed by atoms with Crippen molar-refractivity contribution in [3.8, 4) is 0 Å². The SMILES string of the molecule is Cc1ccc(CC(O)C(C)Br)c(C)c1. The second-order valence-electron chi connectivity index (χ2n) is 3.88. The predicted octanol–water partition coefficient (Wildman–Crippen LogP) is 2.99. The first-order chi connectivity index (χ1) is 6.50. The van der Waals surface area contributed by atoms with Crippen molar-refractivity contribution in [2.24, 2.45) is 0 Å². The van der Waals surface area contributed by atoms with E-state index in [1.807, 2.05) is 6.92 Å². The molecule has 2 heteroatoms. The highest BCUT2D eigenvalue weighted by Gasteiger charge is 2.12. The number of alkyl halides is 1. The van der Waals surface area contributed by atoms with Gasteiger partial charge >= 0.3 is 0 Å². The Bertz CT molecular complexity index is 307. The van der Waals surface area contributed by atoms with Crippen LogP contribution in [0.5, 0.6) is 0 Å². The maximum absolute atomic E-state index is 9.73. The van der Waals surface area contributed by atoms with Gasteiger partial charge < -0.3 is 5.11 Å². The van der Waals surface area contributed by atoms with Crippen LogP contribution in [0, 0.1) is 13.8 Å². The fraction of sp³-hybridized carbons (Fsp3) is 0.500. The molecule has 0 radical (unpaired) electrons. The van der Waals surface area contributed by atoms with Gasteiger partial charge in [0.1, 0.15) is 0 Å². The number of aryl methyl sites for hydroxylation is 2. The predicted molar refractivity (Wildman–Crippen MR) is 64.0 cm³/mol. The Morgan fingerprint density at radius 2 is 2.00 bits per heavy atom. The standard InChI is InChI=1S/C12H17BrO/c1-8-4-5-11(9(2)6-8)7-12(14)10(3)13/h4-6,10,12,14H,7H2,1-3H3. The van der Waals surface area contributed by atoms with Gasteiger partial charge in [-0.2, -0.15) is 0 Å². The van der Waals surface area contributed by atoms with Crippen molar-refractivity contribution in [2.45, 2.75) is 38.1 Å². The summed E-state index contributed by atoms with van der Waals surface area (Å²) in [6.45, 7) is 6.14. The Hall–Kier alpha value is -0.340. The molecule has 1 nitrogen and oxygen atoms in total. The van der Waals surface area contributed by atoms with Crippen LogP contribution in [0.15, 0.2) is 18.2 Å². The number of aliphatic hydroxyl groups excluding tert-OH is 1. The summed E-state index contributed by atoms with van der Waals surface area (Å²) in [4.78, 5) is 0.142. The largest absolute Gasteiger partial charge is 0.392 e. The number of benzene rings is 1. The highest BCUT2D eigenvalue weighted by molar-refractivity contribution is 9.09. The summed E-state index contributed by atoms with van der Waals surface area (Å²) < 4.78 is 0. The lowest BCUT2D eigenvalue weighted by atomic mass is 9.99. The van der Waals surface area contributed by atoms with Crippen molar-refractivity contribution in [1.82, 2.24) is 0 Å². The highest BCUT2D eigenvalue weighted by atomic mass is 79.9. The molecule has 2 unspecified atom stereocenters. The molecule has 0 spiro atoms. The molecule has 1 rings (SSSR count). The fourth-order valence-corrected chi connectivity index (χ4v) is 1.65. The zero-order valence-corrected chi connectivity index (χ0v) is 10.5. The summed E-state index contributed by atoms with van der Waals surface area (Å²) in [5.41, 5.74) is 3.76. The molecule has 0 heterocycles. The lowest BCUT2D eigenvalue weighted by molar-refractivity contribution is 0.178. The van der Waals surface area contributed by atoms with Crippen LogP contribution in [0.1, 0.15) is 23.6 Å². The molecule has 0 aliphatic carbocycles. The van der Waals surface area contributed by atoms with E-state index in [1.165, 1.54) is 16.7 Å². The van der Waals surface area contributed by atoms with Gasteiger partial charge in [0.15, 0.2) is 0 Å². The van der Waals surface area contributed by atoms with Crippen LogP contribution >= 0.6 is 15.9 Å². The topological polar surface area (TPSA) is 20.2 Å². The van der Waals surface area contributed by atoms with Crippen molar-refractivity contribution in [2.75, 3.05) is 0 Å². The van der Waals surface area contributed by atoms with Crippen LogP contribution in [0.3, 0.4) is 0 Å². The molecule has 1 aromatic rings. The van der Waals surface area contributed by atoms with Crippen molar-refractivity contribution in [3.05, 3.63) is 34.9 Å². The molecule has 14 heavy (non-hydrogen) atoms. The minimum atomic E-state index is -0.309. The monoisotopic (exact) mass is 256 g/mol. The molecule has 0 aliphatic rings. The highest BCUT2D eigenvalue weighted by Crippen LogP contribution is 2.16. The molecule has 0 aromatic heterocycles. The molecule has 1 N–H and O–H groups in total. The third kappa shape index (κ3) is 3.10. The summed E-state index contributed by atoms with van der Waals surface area (Å²) in [6, 6.07) is 6.35. The zero-order valence-electron chi connectivity index (χ0n) is 8.92. The molecule has 0 aliphatic heterocycles. The molecule has 0 amide bonds. The maximum atomic E-state index is 9.73. The first-order valence-electron chi connectivity index (χ1n) is 4.89. The molecule has 78 valence electrons. The van der Waals surface area contributed by atoms with Gasteiger partial charge in [0, 0.05) is 4.83 Å². The van der Waals surface area contributed by atoms with Crippen LogP contribution in [0.4, 0.5) is 0 Å². The van der Waals surface area contributed by atoms with Gasteiger partial charge in [-0.3, -0.25) is 0 Å².